The van der Waals surface area contributed by atoms with Crippen molar-refractivity contribution >= 4 is 29.7 Å². The molecule has 1 heterocycles. The Bertz CT molecular complexity index is 612. The molecule has 3 amide bonds. The monoisotopic (exact) mass is 330 g/mol. The second-order valence-corrected chi connectivity index (χ2v) is 5.32. The van der Waals surface area contributed by atoms with Crippen molar-refractivity contribution < 1.29 is 27.9 Å². The van der Waals surface area contributed by atoms with Gasteiger partial charge in [0.2, 0.25) is 0 Å². The van der Waals surface area contributed by atoms with Gasteiger partial charge in [0.05, 0.1) is 5.75 Å². The average molecular weight is 330 g/mol. The lowest BCUT2D eigenvalue weighted by molar-refractivity contribution is -0.148. The zero-order valence-electron chi connectivity index (χ0n) is 11.3. The average Bonchev–Trinajstić information content (AvgIpc) is 2.92. The van der Waals surface area contributed by atoms with Crippen LogP contribution in [0, 0.1) is 11.6 Å². The summed E-state index contributed by atoms with van der Waals surface area (Å²) in [6.45, 7) is 0.00410. The smallest absolute Gasteiger partial charge is 0.324 e. The van der Waals surface area contributed by atoms with Gasteiger partial charge in [-0.3, -0.25) is 14.5 Å². The second kappa shape index (κ2) is 7.21. The topological polar surface area (TPSA) is 75.7 Å². The third-order valence-corrected chi connectivity index (χ3v) is 3.76. The molecular formula is C13H12F2N2O4S. The number of hydrogen-bond donors (Lipinski definition) is 1. The summed E-state index contributed by atoms with van der Waals surface area (Å²) in [4.78, 5) is 35.2. The van der Waals surface area contributed by atoms with E-state index in [1.807, 2.05) is 0 Å². The predicted molar refractivity (Wildman–Crippen MR) is 73.2 cm³/mol. The first-order valence-corrected chi connectivity index (χ1v) is 7.27. The molecule has 0 aliphatic carbocycles. The number of ether oxygens (including phenoxy) is 1. The number of carbonyl (C=O) groups excluding carboxylic acids is 3. The normalized spacial score (nSPS) is 13.9. The molecule has 118 valence electrons. The Balaban J connectivity index is 1.77. The molecule has 0 saturated carbocycles. The van der Waals surface area contributed by atoms with Crippen LogP contribution in [0.3, 0.4) is 0 Å². The summed E-state index contributed by atoms with van der Waals surface area (Å²) in [7, 11) is 0. The Kier molecular flexibility index (Phi) is 5.31. The zero-order valence-corrected chi connectivity index (χ0v) is 12.1. The van der Waals surface area contributed by atoms with E-state index in [4.69, 9.17) is 4.74 Å². The van der Waals surface area contributed by atoms with Gasteiger partial charge in [-0.15, -0.1) is 11.8 Å². The molecular weight excluding hydrogens is 318 g/mol. The largest absolute Gasteiger partial charge is 0.455 e. The predicted octanol–water partition coefficient (Wildman–Crippen LogP) is 1.15. The minimum atomic E-state index is -0.762. The van der Waals surface area contributed by atoms with E-state index in [2.05, 4.69) is 5.32 Å². The minimum Gasteiger partial charge on any atom is -0.455 e. The lowest BCUT2D eigenvalue weighted by Gasteiger charge is -2.12. The number of hydrogen-bond acceptors (Lipinski definition) is 5. The van der Waals surface area contributed by atoms with Crippen LogP contribution in [0.15, 0.2) is 23.1 Å². The van der Waals surface area contributed by atoms with Gasteiger partial charge in [0.1, 0.15) is 11.6 Å². The number of amides is 3. The molecule has 0 radical (unpaired) electrons. The van der Waals surface area contributed by atoms with Crippen molar-refractivity contribution in [2.45, 2.75) is 4.90 Å². The van der Waals surface area contributed by atoms with E-state index in [9.17, 15) is 23.2 Å². The molecule has 0 spiro atoms. The number of nitrogens with zero attached hydrogens (tertiary/aromatic N) is 1. The van der Waals surface area contributed by atoms with Crippen LogP contribution in [0.5, 0.6) is 0 Å². The number of nitrogens with one attached hydrogen (secondary N) is 1. The Labute approximate surface area is 128 Å². The lowest BCUT2D eigenvalue weighted by Crippen LogP contribution is -2.37. The summed E-state index contributed by atoms with van der Waals surface area (Å²) >= 11 is 0.760. The Morgan fingerprint density at radius 3 is 2.82 bits per heavy atom. The quantitative estimate of drug-likeness (QED) is 0.647. The van der Waals surface area contributed by atoms with Gasteiger partial charge in [0.25, 0.3) is 5.91 Å². The molecule has 6 nitrogen and oxygen atoms in total. The van der Waals surface area contributed by atoms with Crippen LogP contribution in [-0.4, -0.2) is 48.3 Å². The SMILES string of the molecule is O=C(CSc1cc(F)ccc1F)OCC(=O)N1CCNC1=O. The van der Waals surface area contributed by atoms with Gasteiger partial charge >= 0.3 is 12.0 Å². The second-order valence-electron chi connectivity index (χ2n) is 4.30. The fourth-order valence-electron chi connectivity index (χ4n) is 1.70. The van der Waals surface area contributed by atoms with Crippen LogP contribution in [0.1, 0.15) is 0 Å². The highest BCUT2D eigenvalue weighted by atomic mass is 32.2. The molecule has 0 atom stereocenters. The maximum atomic E-state index is 13.3. The van der Waals surface area contributed by atoms with Gasteiger partial charge in [0, 0.05) is 18.0 Å². The Hall–Kier alpha value is -2.16. The van der Waals surface area contributed by atoms with Gasteiger partial charge < -0.3 is 10.1 Å². The van der Waals surface area contributed by atoms with Gasteiger partial charge in [-0.05, 0) is 18.2 Å². The summed E-state index contributed by atoms with van der Waals surface area (Å²) in [6, 6.07) is 2.36. The highest BCUT2D eigenvalue weighted by Crippen LogP contribution is 2.22. The van der Waals surface area contributed by atoms with Crippen LogP contribution >= 0.6 is 11.8 Å². The number of halogens is 2. The fraction of sp³-hybridized carbons (Fsp3) is 0.308. The van der Waals surface area contributed by atoms with Crippen molar-refractivity contribution in [3.05, 3.63) is 29.8 Å². The van der Waals surface area contributed by atoms with E-state index >= 15 is 0 Å². The summed E-state index contributed by atoms with van der Waals surface area (Å²) in [5, 5.41) is 2.44. The third kappa shape index (κ3) is 4.17. The molecule has 1 N–H and O–H groups in total. The standard InChI is InChI=1S/C13H12F2N2O4S/c14-8-1-2-9(15)10(5-8)22-7-12(19)21-6-11(18)17-4-3-16-13(17)20/h1-2,5H,3-4,6-7H2,(H,16,20). The highest BCUT2D eigenvalue weighted by molar-refractivity contribution is 8.00. The fourth-order valence-corrected chi connectivity index (χ4v) is 2.45. The molecule has 1 aromatic carbocycles. The van der Waals surface area contributed by atoms with Gasteiger partial charge in [-0.2, -0.15) is 0 Å². The van der Waals surface area contributed by atoms with E-state index in [1.54, 1.807) is 0 Å². The number of esters is 1. The van der Waals surface area contributed by atoms with Crippen molar-refractivity contribution in [3.63, 3.8) is 0 Å². The van der Waals surface area contributed by atoms with Crippen molar-refractivity contribution in [3.8, 4) is 0 Å². The number of imide groups is 1. The number of carbonyl (C=O) groups is 3. The van der Waals surface area contributed by atoms with E-state index in [1.165, 1.54) is 0 Å². The van der Waals surface area contributed by atoms with Crippen molar-refractivity contribution in [2.24, 2.45) is 0 Å². The number of urea groups is 1. The Morgan fingerprint density at radius 1 is 1.36 bits per heavy atom. The van der Waals surface area contributed by atoms with Crippen LogP contribution < -0.4 is 5.32 Å². The van der Waals surface area contributed by atoms with Crippen molar-refractivity contribution in [2.75, 3.05) is 25.4 Å². The minimum absolute atomic E-state index is 0.0257. The molecule has 1 aliphatic rings. The first-order chi connectivity index (χ1) is 10.5. The summed E-state index contributed by atoms with van der Waals surface area (Å²) in [6.07, 6.45) is 0. The first-order valence-electron chi connectivity index (χ1n) is 6.29. The molecule has 0 bridgehead atoms. The van der Waals surface area contributed by atoms with Gasteiger partial charge in [-0.1, -0.05) is 0 Å². The summed E-state index contributed by atoms with van der Waals surface area (Å²) in [5.41, 5.74) is 0. The number of thioether (sulfide) groups is 1. The molecule has 1 fully saturated rings. The molecule has 22 heavy (non-hydrogen) atoms. The zero-order chi connectivity index (χ0) is 16.1. The molecule has 1 aliphatic heterocycles. The van der Waals surface area contributed by atoms with Crippen LogP contribution in [-0.2, 0) is 14.3 Å². The van der Waals surface area contributed by atoms with E-state index in [-0.39, 0.29) is 17.2 Å². The van der Waals surface area contributed by atoms with E-state index < -0.39 is 36.1 Å². The van der Waals surface area contributed by atoms with Crippen molar-refractivity contribution in [1.29, 1.82) is 0 Å². The molecule has 0 aromatic heterocycles. The number of rotatable bonds is 5. The van der Waals surface area contributed by atoms with E-state index in [0.717, 1.165) is 34.9 Å². The number of benzene rings is 1. The van der Waals surface area contributed by atoms with Gasteiger partial charge in [0.15, 0.2) is 6.61 Å². The van der Waals surface area contributed by atoms with Crippen molar-refractivity contribution in [1.82, 2.24) is 10.2 Å². The Morgan fingerprint density at radius 2 is 2.14 bits per heavy atom. The lowest BCUT2D eigenvalue weighted by atomic mass is 10.3. The third-order valence-electron chi connectivity index (χ3n) is 2.75. The maximum absolute atomic E-state index is 13.3. The summed E-state index contributed by atoms with van der Waals surface area (Å²) < 4.78 is 31.0. The summed E-state index contributed by atoms with van der Waals surface area (Å²) in [5.74, 6) is -2.94. The molecule has 1 aromatic rings. The van der Waals surface area contributed by atoms with Crippen LogP contribution in [0.25, 0.3) is 0 Å². The van der Waals surface area contributed by atoms with Crippen LogP contribution in [0.2, 0.25) is 0 Å². The van der Waals surface area contributed by atoms with Crippen LogP contribution in [0.4, 0.5) is 13.6 Å². The maximum Gasteiger partial charge on any atom is 0.324 e. The highest BCUT2D eigenvalue weighted by Gasteiger charge is 2.26. The first kappa shape index (κ1) is 16.2. The molecule has 9 heteroatoms. The van der Waals surface area contributed by atoms with E-state index in [0.29, 0.717) is 6.54 Å². The molecule has 1 saturated heterocycles. The molecule has 2 rings (SSSR count). The van der Waals surface area contributed by atoms with Gasteiger partial charge in [-0.25, -0.2) is 13.6 Å². The molecule has 0 unspecified atom stereocenters.